The molecular formula is C17H24N2S. The van der Waals surface area contributed by atoms with Crippen LogP contribution in [0.3, 0.4) is 0 Å². The van der Waals surface area contributed by atoms with Crippen molar-refractivity contribution in [3.63, 3.8) is 0 Å². The zero-order chi connectivity index (χ0) is 14.5. The van der Waals surface area contributed by atoms with Crippen molar-refractivity contribution in [2.24, 2.45) is 5.92 Å². The molecule has 1 aromatic carbocycles. The van der Waals surface area contributed by atoms with Crippen LogP contribution < -0.4 is 5.32 Å². The molecule has 0 aliphatic carbocycles. The molecule has 0 fully saturated rings. The van der Waals surface area contributed by atoms with Crippen molar-refractivity contribution in [1.29, 1.82) is 0 Å². The SMILES string of the molecule is CC(C)CNCc1nc(-c2ccc(C(C)C)cc2)cs1. The number of nitrogens with zero attached hydrogens (tertiary/aromatic N) is 1. The molecule has 0 saturated carbocycles. The van der Waals surface area contributed by atoms with E-state index < -0.39 is 0 Å². The standard InChI is InChI=1S/C17H24N2S/c1-12(2)9-18-10-17-19-16(11-20-17)15-7-5-14(6-8-15)13(3)4/h5-8,11-13,18H,9-10H2,1-4H3. The first-order valence-corrected chi connectivity index (χ1v) is 8.19. The lowest BCUT2D eigenvalue weighted by Gasteiger charge is -2.06. The number of rotatable bonds is 6. The van der Waals surface area contributed by atoms with Crippen LogP contribution in [0.4, 0.5) is 0 Å². The molecule has 0 bridgehead atoms. The minimum absolute atomic E-state index is 0.579. The van der Waals surface area contributed by atoms with E-state index in [1.807, 2.05) is 0 Å². The third kappa shape index (κ3) is 4.15. The molecule has 0 atom stereocenters. The predicted octanol–water partition coefficient (Wildman–Crippen LogP) is 4.68. The lowest BCUT2D eigenvalue weighted by Crippen LogP contribution is -2.18. The molecule has 0 radical (unpaired) electrons. The van der Waals surface area contributed by atoms with Gasteiger partial charge in [0.1, 0.15) is 5.01 Å². The number of aromatic nitrogens is 1. The molecule has 20 heavy (non-hydrogen) atoms. The summed E-state index contributed by atoms with van der Waals surface area (Å²) < 4.78 is 0. The van der Waals surface area contributed by atoms with E-state index in [0.29, 0.717) is 11.8 Å². The zero-order valence-electron chi connectivity index (χ0n) is 12.8. The Balaban J connectivity index is 2.01. The van der Waals surface area contributed by atoms with Gasteiger partial charge in [0.25, 0.3) is 0 Å². The highest BCUT2D eigenvalue weighted by molar-refractivity contribution is 7.09. The first-order valence-electron chi connectivity index (χ1n) is 7.31. The first kappa shape index (κ1) is 15.2. The molecule has 0 spiro atoms. The maximum absolute atomic E-state index is 4.71. The van der Waals surface area contributed by atoms with Gasteiger partial charge in [-0.1, -0.05) is 52.0 Å². The van der Waals surface area contributed by atoms with Gasteiger partial charge < -0.3 is 5.32 Å². The van der Waals surface area contributed by atoms with Gasteiger partial charge in [-0.2, -0.15) is 0 Å². The van der Waals surface area contributed by atoms with Crippen LogP contribution in [0.15, 0.2) is 29.6 Å². The third-order valence-corrected chi connectivity index (χ3v) is 4.10. The second kappa shape index (κ2) is 7.00. The van der Waals surface area contributed by atoms with Gasteiger partial charge in [-0.25, -0.2) is 4.98 Å². The van der Waals surface area contributed by atoms with E-state index in [0.717, 1.165) is 23.8 Å². The minimum atomic E-state index is 0.579. The van der Waals surface area contributed by atoms with E-state index in [1.165, 1.54) is 11.1 Å². The summed E-state index contributed by atoms with van der Waals surface area (Å²) in [6.45, 7) is 10.8. The Kier molecular flexibility index (Phi) is 5.32. The topological polar surface area (TPSA) is 24.9 Å². The second-order valence-electron chi connectivity index (χ2n) is 5.93. The Morgan fingerprint density at radius 3 is 2.40 bits per heavy atom. The van der Waals surface area contributed by atoms with Gasteiger partial charge in [0.2, 0.25) is 0 Å². The van der Waals surface area contributed by atoms with Crippen LogP contribution in [0.2, 0.25) is 0 Å². The fourth-order valence-corrected chi connectivity index (χ4v) is 2.80. The minimum Gasteiger partial charge on any atom is -0.310 e. The lowest BCUT2D eigenvalue weighted by atomic mass is 10.0. The van der Waals surface area contributed by atoms with E-state index in [4.69, 9.17) is 4.98 Å². The van der Waals surface area contributed by atoms with Gasteiger partial charge >= 0.3 is 0 Å². The Morgan fingerprint density at radius 1 is 1.10 bits per heavy atom. The maximum Gasteiger partial charge on any atom is 0.107 e. The second-order valence-corrected chi connectivity index (χ2v) is 6.87. The molecule has 0 amide bonds. The van der Waals surface area contributed by atoms with Crippen molar-refractivity contribution < 1.29 is 0 Å². The van der Waals surface area contributed by atoms with Crippen LogP contribution in [0.25, 0.3) is 11.3 Å². The largest absolute Gasteiger partial charge is 0.310 e. The molecule has 0 aliphatic rings. The highest BCUT2D eigenvalue weighted by Crippen LogP contribution is 2.24. The zero-order valence-corrected chi connectivity index (χ0v) is 13.6. The smallest absolute Gasteiger partial charge is 0.107 e. The summed E-state index contributed by atoms with van der Waals surface area (Å²) in [5.74, 6) is 1.26. The van der Waals surface area contributed by atoms with Gasteiger partial charge in [-0.3, -0.25) is 0 Å². The van der Waals surface area contributed by atoms with Crippen LogP contribution in [-0.2, 0) is 6.54 Å². The fraction of sp³-hybridized carbons (Fsp3) is 0.471. The Morgan fingerprint density at radius 2 is 1.80 bits per heavy atom. The van der Waals surface area contributed by atoms with Crippen LogP contribution in [0.5, 0.6) is 0 Å². The van der Waals surface area contributed by atoms with Gasteiger partial charge in [0, 0.05) is 17.5 Å². The molecular weight excluding hydrogens is 264 g/mol. The average molecular weight is 288 g/mol. The summed E-state index contributed by atoms with van der Waals surface area (Å²) in [6, 6.07) is 8.76. The van der Waals surface area contributed by atoms with Crippen LogP contribution in [0, 0.1) is 5.92 Å². The molecule has 2 nitrogen and oxygen atoms in total. The molecule has 1 aromatic heterocycles. The highest BCUT2D eigenvalue weighted by Gasteiger charge is 2.06. The van der Waals surface area contributed by atoms with Gasteiger partial charge in [0.15, 0.2) is 0 Å². The third-order valence-electron chi connectivity index (χ3n) is 3.25. The van der Waals surface area contributed by atoms with Gasteiger partial charge in [0.05, 0.1) is 5.69 Å². The molecule has 2 aromatic rings. The molecule has 1 heterocycles. The average Bonchev–Trinajstić information content (AvgIpc) is 2.87. The van der Waals surface area contributed by atoms with Crippen LogP contribution in [-0.4, -0.2) is 11.5 Å². The summed E-state index contributed by atoms with van der Waals surface area (Å²) >= 11 is 1.73. The van der Waals surface area contributed by atoms with Crippen molar-refractivity contribution in [3.8, 4) is 11.3 Å². The number of benzene rings is 1. The van der Waals surface area contributed by atoms with E-state index >= 15 is 0 Å². The molecule has 0 saturated heterocycles. The Labute approximate surface area is 126 Å². The van der Waals surface area contributed by atoms with Crippen molar-refractivity contribution in [1.82, 2.24) is 10.3 Å². The highest BCUT2D eigenvalue weighted by atomic mass is 32.1. The number of hydrogen-bond donors (Lipinski definition) is 1. The normalized spacial score (nSPS) is 11.5. The molecule has 1 N–H and O–H groups in total. The molecule has 0 unspecified atom stereocenters. The van der Waals surface area contributed by atoms with Crippen LogP contribution in [0.1, 0.15) is 44.2 Å². The molecule has 0 aliphatic heterocycles. The number of thiazole rings is 1. The first-order chi connectivity index (χ1) is 9.56. The van der Waals surface area contributed by atoms with E-state index in [-0.39, 0.29) is 0 Å². The maximum atomic E-state index is 4.71. The fourth-order valence-electron chi connectivity index (χ4n) is 2.03. The van der Waals surface area contributed by atoms with Crippen molar-refractivity contribution in [3.05, 3.63) is 40.2 Å². The van der Waals surface area contributed by atoms with Gasteiger partial charge in [-0.15, -0.1) is 11.3 Å². The monoisotopic (exact) mass is 288 g/mol. The summed E-state index contributed by atoms with van der Waals surface area (Å²) in [7, 11) is 0. The van der Waals surface area contributed by atoms with E-state index in [9.17, 15) is 0 Å². The Hall–Kier alpha value is -1.19. The Bertz CT molecular complexity index is 526. The van der Waals surface area contributed by atoms with Crippen LogP contribution >= 0.6 is 11.3 Å². The summed E-state index contributed by atoms with van der Waals surface area (Å²) in [4.78, 5) is 4.71. The number of hydrogen-bond acceptors (Lipinski definition) is 3. The van der Waals surface area contributed by atoms with Crippen molar-refractivity contribution in [2.75, 3.05) is 6.54 Å². The lowest BCUT2D eigenvalue weighted by molar-refractivity contribution is 0.551. The quantitative estimate of drug-likeness (QED) is 0.835. The molecule has 2 rings (SSSR count). The summed E-state index contributed by atoms with van der Waals surface area (Å²) in [5, 5.41) is 6.75. The predicted molar refractivity (Wildman–Crippen MR) is 88.2 cm³/mol. The van der Waals surface area contributed by atoms with Crippen molar-refractivity contribution >= 4 is 11.3 Å². The molecule has 3 heteroatoms. The summed E-state index contributed by atoms with van der Waals surface area (Å²) in [5.41, 5.74) is 3.68. The van der Waals surface area contributed by atoms with Crippen molar-refractivity contribution in [2.45, 2.75) is 40.2 Å². The van der Waals surface area contributed by atoms with E-state index in [1.54, 1.807) is 11.3 Å². The summed E-state index contributed by atoms with van der Waals surface area (Å²) in [6.07, 6.45) is 0. The van der Waals surface area contributed by atoms with E-state index in [2.05, 4.69) is 62.7 Å². The van der Waals surface area contributed by atoms with Gasteiger partial charge in [-0.05, 0) is 23.9 Å². The molecule has 108 valence electrons. The number of nitrogens with one attached hydrogen (secondary N) is 1.